The third-order valence-electron chi connectivity index (χ3n) is 3.40. The first-order valence-corrected chi connectivity index (χ1v) is 6.96. The summed E-state index contributed by atoms with van der Waals surface area (Å²) in [5, 5.41) is 8.32. The standard InChI is InChI=1S/C15H13IN2/c1-10-13(16)7-4-8-14(10)18-9-11-5-2-3-6-12(11)15(18)17/h2-8,17H,9H2,1H3. The van der Waals surface area contributed by atoms with Crippen LogP contribution in [0.4, 0.5) is 5.69 Å². The average molecular weight is 348 g/mol. The number of anilines is 1. The van der Waals surface area contributed by atoms with Crippen molar-refractivity contribution in [1.29, 1.82) is 5.41 Å². The Kier molecular flexibility index (Phi) is 2.86. The number of halogens is 1. The van der Waals surface area contributed by atoms with Crippen LogP contribution in [0.2, 0.25) is 0 Å². The van der Waals surface area contributed by atoms with Gasteiger partial charge in [-0.2, -0.15) is 0 Å². The Labute approximate surface area is 120 Å². The molecular weight excluding hydrogens is 335 g/mol. The molecule has 0 bridgehead atoms. The molecule has 0 aliphatic carbocycles. The molecule has 1 aliphatic rings. The highest BCUT2D eigenvalue weighted by molar-refractivity contribution is 14.1. The summed E-state index contributed by atoms with van der Waals surface area (Å²) in [7, 11) is 0. The highest BCUT2D eigenvalue weighted by atomic mass is 127. The molecule has 1 heterocycles. The Morgan fingerprint density at radius 3 is 2.67 bits per heavy atom. The number of hydrogen-bond donors (Lipinski definition) is 1. The van der Waals surface area contributed by atoms with Crippen molar-refractivity contribution in [3.8, 4) is 0 Å². The van der Waals surface area contributed by atoms with Gasteiger partial charge >= 0.3 is 0 Å². The molecule has 0 aromatic heterocycles. The number of amidine groups is 1. The minimum absolute atomic E-state index is 0.607. The van der Waals surface area contributed by atoms with Crippen LogP contribution in [0.15, 0.2) is 42.5 Å². The fourth-order valence-corrected chi connectivity index (χ4v) is 2.86. The molecule has 3 rings (SSSR count). The van der Waals surface area contributed by atoms with Gasteiger partial charge in [-0.15, -0.1) is 0 Å². The number of benzene rings is 2. The topological polar surface area (TPSA) is 27.1 Å². The zero-order chi connectivity index (χ0) is 12.7. The average Bonchev–Trinajstić information content (AvgIpc) is 2.71. The van der Waals surface area contributed by atoms with Gasteiger partial charge in [0.25, 0.3) is 0 Å². The highest BCUT2D eigenvalue weighted by Crippen LogP contribution is 2.31. The quantitative estimate of drug-likeness (QED) is 0.777. The summed E-state index contributed by atoms with van der Waals surface area (Å²) in [6, 6.07) is 14.4. The monoisotopic (exact) mass is 348 g/mol. The zero-order valence-corrected chi connectivity index (χ0v) is 12.2. The maximum absolute atomic E-state index is 8.32. The summed E-state index contributed by atoms with van der Waals surface area (Å²) in [4.78, 5) is 2.09. The first-order valence-electron chi connectivity index (χ1n) is 5.88. The van der Waals surface area contributed by atoms with Gasteiger partial charge < -0.3 is 4.90 Å². The number of nitrogens with zero attached hydrogens (tertiary/aromatic N) is 1. The van der Waals surface area contributed by atoms with Crippen LogP contribution in [0.5, 0.6) is 0 Å². The van der Waals surface area contributed by atoms with Crippen LogP contribution < -0.4 is 4.90 Å². The largest absolute Gasteiger partial charge is 0.322 e. The SMILES string of the molecule is Cc1c(I)cccc1N1Cc2ccccc2C1=N. The van der Waals surface area contributed by atoms with E-state index in [1.54, 1.807) is 0 Å². The molecule has 18 heavy (non-hydrogen) atoms. The molecule has 0 fully saturated rings. The molecule has 1 N–H and O–H groups in total. The van der Waals surface area contributed by atoms with Gasteiger partial charge in [0, 0.05) is 14.8 Å². The van der Waals surface area contributed by atoms with Crippen molar-refractivity contribution in [2.45, 2.75) is 13.5 Å². The van der Waals surface area contributed by atoms with E-state index >= 15 is 0 Å². The Morgan fingerprint density at radius 1 is 1.11 bits per heavy atom. The normalized spacial score (nSPS) is 13.9. The minimum atomic E-state index is 0.607. The van der Waals surface area contributed by atoms with Crippen LogP contribution in [0.1, 0.15) is 16.7 Å². The summed E-state index contributed by atoms with van der Waals surface area (Å²) in [6.45, 7) is 2.92. The first-order chi connectivity index (χ1) is 8.68. The molecule has 2 aromatic rings. The van der Waals surface area contributed by atoms with E-state index in [4.69, 9.17) is 5.41 Å². The van der Waals surface area contributed by atoms with E-state index in [-0.39, 0.29) is 0 Å². The molecule has 0 amide bonds. The minimum Gasteiger partial charge on any atom is -0.322 e. The summed E-state index contributed by atoms with van der Waals surface area (Å²) in [5.41, 5.74) is 4.68. The third kappa shape index (κ3) is 1.73. The Bertz CT molecular complexity index is 634. The van der Waals surface area contributed by atoms with E-state index < -0.39 is 0 Å². The molecule has 0 unspecified atom stereocenters. The summed E-state index contributed by atoms with van der Waals surface area (Å²) in [5.74, 6) is 0.607. The molecule has 0 spiro atoms. The van der Waals surface area contributed by atoms with E-state index in [1.807, 2.05) is 18.2 Å². The fourth-order valence-electron chi connectivity index (χ4n) is 2.38. The second kappa shape index (κ2) is 4.39. The smallest absolute Gasteiger partial charge is 0.133 e. The van der Waals surface area contributed by atoms with Crippen molar-refractivity contribution in [2.75, 3.05) is 4.90 Å². The second-order valence-corrected chi connectivity index (χ2v) is 5.64. The van der Waals surface area contributed by atoms with Gasteiger partial charge in [0.15, 0.2) is 0 Å². The van der Waals surface area contributed by atoms with Crippen molar-refractivity contribution >= 4 is 34.1 Å². The molecule has 1 aliphatic heterocycles. The molecule has 2 nitrogen and oxygen atoms in total. The van der Waals surface area contributed by atoms with Gasteiger partial charge in [-0.05, 0) is 52.8 Å². The summed E-state index contributed by atoms with van der Waals surface area (Å²) < 4.78 is 1.24. The van der Waals surface area contributed by atoms with Gasteiger partial charge in [-0.25, -0.2) is 0 Å². The lowest BCUT2D eigenvalue weighted by molar-refractivity contribution is 1.04. The van der Waals surface area contributed by atoms with Crippen LogP contribution in [0.25, 0.3) is 0 Å². The predicted molar refractivity (Wildman–Crippen MR) is 83.3 cm³/mol. The molecule has 0 saturated heterocycles. The van der Waals surface area contributed by atoms with Gasteiger partial charge in [0.2, 0.25) is 0 Å². The van der Waals surface area contributed by atoms with Gasteiger partial charge in [-0.3, -0.25) is 5.41 Å². The molecule has 0 saturated carbocycles. The maximum Gasteiger partial charge on any atom is 0.133 e. The fraction of sp³-hybridized carbons (Fsp3) is 0.133. The number of hydrogen-bond acceptors (Lipinski definition) is 1. The van der Waals surface area contributed by atoms with Crippen LogP contribution >= 0.6 is 22.6 Å². The third-order valence-corrected chi connectivity index (χ3v) is 4.57. The van der Waals surface area contributed by atoms with Gasteiger partial charge in [-0.1, -0.05) is 30.3 Å². The van der Waals surface area contributed by atoms with E-state index in [0.29, 0.717) is 5.84 Å². The molecule has 3 heteroatoms. The Morgan fingerprint density at radius 2 is 1.89 bits per heavy atom. The van der Waals surface area contributed by atoms with Crippen molar-refractivity contribution in [1.82, 2.24) is 0 Å². The van der Waals surface area contributed by atoms with Crippen LogP contribution in [0.3, 0.4) is 0 Å². The summed E-state index contributed by atoms with van der Waals surface area (Å²) in [6.07, 6.45) is 0. The second-order valence-electron chi connectivity index (χ2n) is 4.48. The lowest BCUT2D eigenvalue weighted by atomic mass is 10.1. The number of nitrogens with one attached hydrogen (secondary N) is 1. The Hall–Kier alpha value is -1.36. The molecule has 90 valence electrons. The lowest BCUT2D eigenvalue weighted by Crippen LogP contribution is -2.24. The van der Waals surface area contributed by atoms with E-state index in [0.717, 1.165) is 17.8 Å². The van der Waals surface area contributed by atoms with Crippen LogP contribution in [-0.2, 0) is 6.54 Å². The van der Waals surface area contributed by atoms with Crippen LogP contribution in [0, 0.1) is 15.9 Å². The molecular formula is C15H13IN2. The van der Waals surface area contributed by atoms with Crippen LogP contribution in [-0.4, -0.2) is 5.84 Å². The molecule has 0 atom stereocenters. The maximum atomic E-state index is 8.32. The zero-order valence-electron chi connectivity index (χ0n) is 10.1. The number of fused-ring (bicyclic) bond motifs is 1. The van der Waals surface area contributed by atoms with Crippen molar-refractivity contribution in [2.24, 2.45) is 0 Å². The van der Waals surface area contributed by atoms with Crippen molar-refractivity contribution < 1.29 is 0 Å². The van der Waals surface area contributed by atoms with Gasteiger partial charge in [0.05, 0.1) is 6.54 Å². The van der Waals surface area contributed by atoms with Gasteiger partial charge in [0.1, 0.15) is 5.84 Å². The summed E-state index contributed by atoms with van der Waals surface area (Å²) >= 11 is 2.35. The lowest BCUT2D eigenvalue weighted by Gasteiger charge is -2.21. The predicted octanol–water partition coefficient (Wildman–Crippen LogP) is 3.95. The van der Waals surface area contributed by atoms with E-state index in [9.17, 15) is 0 Å². The van der Waals surface area contributed by atoms with E-state index in [1.165, 1.54) is 14.7 Å². The molecule has 0 radical (unpaired) electrons. The first kappa shape index (κ1) is 11.7. The molecule has 2 aromatic carbocycles. The van der Waals surface area contributed by atoms with E-state index in [2.05, 4.69) is 58.7 Å². The highest BCUT2D eigenvalue weighted by Gasteiger charge is 2.25. The Balaban J connectivity index is 2.07. The van der Waals surface area contributed by atoms with Crippen molar-refractivity contribution in [3.63, 3.8) is 0 Å². The van der Waals surface area contributed by atoms with Crippen molar-refractivity contribution in [3.05, 3.63) is 62.7 Å². The number of rotatable bonds is 1.